The summed E-state index contributed by atoms with van der Waals surface area (Å²) in [6, 6.07) is 8.31. The van der Waals surface area contributed by atoms with Crippen LogP contribution >= 0.6 is 0 Å². The van der Waals surface area contributed by atoms with E-state index in [1.54, 1.807) is 0 Å². The number of nitrogens with one attached hydrogen (secondary N) is 1. The highest BCUT2D eigenvalue weighted by Crippen LogP contribution is 2.24. The van der Waals surface area contributed by atoms with Crippen LogP contribution in [0.15, 0.2) is 42.6 Å². The lowest BCUT2D eigenvalue weighted by molar-refractivity contribution is -0.384. The molecule has 0 aliphatic rings. The molecule has 0 aliphatic heterocycles. The first-order valence-electron chi connectivity index (χ1n) is 4.79. The molecule has 1 heterocycles. The number of pyridine rings is 1. The Morgan fingerprint density at radius 2 is 1.94 bits per heavy atom. The van der Waals surface area contributed by atoms with Gasteiger partial charge in [-0.1, -0.05) is 0 Å². The fourth-order valence-electron chi connectivity index (χ4n) is 1.31. The van der Waals surface area contributed by atoms with E-state index in [4.69, 9.17) is 0 Å². The number of rotatable bonds is 3. The summed E-state index contributed by atoms with van der Waals surface area (Å²) in [6.45, 7) is 0. The van der Waals surface area contributed by atoms with Crippen LogP contribution in [0.5, 0.6) is 0 Å². The molecule has 0 amide bonds. The summed E-state index contributed by atoms with van der Waals surface area (Å²) in [6.07, 6.45) is 1.44. The van der Waals surface area contributed by atoms with Gasteiger partial charge in [0.1, 0.15) is 5.82 Å². The summed E-state index contributed by atoms with van der Waals surface area (Å²) in [5, 5.41) is 13.5. The second-order valence-electron chi connectivity index (χ2n) is 3.26. The summed E-state index contributed by atoms with van der Waals surface area (Å²) >= 11 is 0. The van der Waals surface area contributed by atoms with E-state index in [0.29, 0.717) is 5.69 Å². The van der Waals surface area contributed by atoms with Gasteiger partial charge in [-0.2, -0.15) is 0 Å². The van der Waals surface area contributed by atoms with Crippen molar-refractivity contribution in [1.82, 2.24) is 4.98 Å². The van der Waals surface area contributed by atoms with Crippen LogP contribution in [0.2, 0.25) is 0 Å². The quantitative estimate of drug-likeness (QED) is 0.653. The number of nitro groups is 1. The van der Waals surface area contributed by atoms with E-state index in [0.717, 1.165) is 0 Å². The zero-order valence-electron chi connectivity index (χ0n) is 8.63. The molecule has 5 nitrogen and oxygen atoms in total. The summed E-state index contributed by atoms with van der Waals surface area (Å²) in [5.41, 5.74) is 0.407. The average molecular weight is 233 g/mol. The third-order valence-electron chi connectivity index (χ3n) is 2.09. The molecule has 2 aromatic rings. The molecule has 86 valence electrons. The van der Waals surface area contributed by atoms with Crippen molar-refractivity contribution in [1.29, 1.82) is 0 Å². The third kappa shape index (κ3) is 2.54. The van der Waals surface area contributed by atoms with Crippen LogP contribution in [0.25, 0.3) is 0 Å². The summed E-state index contributed by atoms with van der Waals surface area (Å²) in [5.74, 6) is -0.241. The Labute approximate surface area is 96.1 Å². The molecule has 0 spiro atoms. The first-order valence-corrected chi connectivity index (χ1v) is 4.79. The summed E-state index contributed by atoms with van der Waals surface area (Å²) in [7, 11) is 0. The first-order chi connectivity index (χ1) is 8.16. The van der Waals surface area contributed by atoms with Crippen molar-refractivity contribution in [2.75, 3.05) is 5.32 Å². The standard InChI is InChI=1S/C11H8FN3O2/c12-8-3-5-9(6-4-8)14-11-10(15(16)17)2-1-7-13-11/h1-7H,(H,13,14). The third-order valence-corrected chi connectivity index (χ3v) is 2.09. The number of anilines is 2. The molecular weight excluding hydrogens is 225 g/mol. The molecule has 0 saturated carbocycles. The SMILES string of the molecule is O=[N+]([O-])c1cccnc1Nc1ccc(F)cc1. The molecule has 17 heavy (non-hydrogen) atoms. The van der Waals surface area contributed by atoms with Crippen LogP contribution in [0.4, 0.5) is 21.6 Å². The Hall–Kier alpha value is -2.50. The highest BCUT2D eigenvalue weighted by Gasteiger charge is 2.13. The Morgan fingerprint density at radius 3 is 2.59 bits per heavy atom. The van der Waals surface area contributed by atoms with Crippen LogP contribution in [0.3, 0.4) is 0 Å². The minimum atomic E-state index is -0.529. The fourth-order valence-corrected chi connectivity index (χ4v) is 1.31. The topological polar surface area (TPSA) is 68.1 Å². The van der Waals surface area contributed by atoms with Crippen molar-refractivity contribution >= 4 is 17.2 Å². The molecule has 0 saturated heterocycles. The van der Waals surface area contributed by atoms with E-state index in [1.165, 1.54) is 42.6 Å². The van der Waals surface area contributed by atoms with Gasteiger partial charge in [-0.3, -0.25) is 10.1 Å². The number of hydrogen-bond donors (Lipinski definition) is 1. The lowest BCUT2D eigenvalue weighted by Gasteiger charge is -2.05. The Kier molecular flexibility index (Phi) is 2.95. The van der Waals surface area contributed by atoms with Crippen molar-refractivity contribution in [2.45, 2.75) is 0 Å². The molecule has 1 N–H and O–H groups in total. The van der Waals surface area contributed by atoms with Crippen molar-refractivity contribution in [3.63, 3.8) is 0 Å². The van der Waals surface area contributed by atoms with Crippen molar-refractivity contribution < 1.29 is 9.31 Å². The molecule has 0 aliphatic carbocycles. The molecule has 0 atom stereocenters. The second kappa shape index (κ2) is 4.56. The number of benzene rings is 1. The molecular formula is C11H8FN3O2. The number of halogens is 1. The molecule has 0 unspecified atom stereocenters. The maximum Gasteiger partial charge on any atom is 0.311 e. The largest absolute Gasteiger partial charge is 0.334 e. The lowest BCUT2D eigenvalue weighted by Crippen LogP contribution is -1.99. The normalized spacial score (nSPS) is 9.94. The van der Waals surface area contributed by atoms with Gasteiger partial charge in [0, 0.05) is 18.0 Å². The molecule has 0 bridgehead atoms. The van der Waals surface area contributed by atoms with Crippen molar-refractivity contribution in [3.8, 4) is 0 Å². The van der Waals surface area contributed by atoms with Gasteiger partial charge < -0.3 is 5.32 Å². The van der Waals surface area contributed by atoms with Gasteiger partial charge in [-0.25, -0.2) is 9.37 Å². The highest BCUT2D eigenvalue weighted by atomic mass is 19.1. The van der Waals surface area contributed by atoms with Gasteiger partial charge >= 0.3 is 5.69 Å². The van der Waals surface area contributed by atoms with Gasteiger partial charge in [0.05, 0.1) is 4.92 Å². The molecule has 0 radical (unpaired) electrons. The maximum atomic E-state index is 12.7. The van der Waals surface area contributed by atoms with Gasteiger partial charge in [0.25, 0.3) is 0 Å². The van der Waals surface area contributed by atoms with Gasteiger partial charge in [-0.05, 0) is 30.3 Å². The predicted octanol–water partition coefficient (Wildman–Crippen LogP) is 2.87. The van der Waals surface area contributed by atoms with Crippen LogP contribution in [0.1, 0.15) is 0 Å². The van der Waals surface area contributed by atoms with Gasteiger partial charge in [0.2, 0.25) is 5.82 Å². The van der Waals surface area contributed by atoms with Gasteiger partial charge in [0.15, 0.2) is 0 Å². The monoisotopic (exact) mass is 233 g/mol. The molecule has 1 aromatic carbocycles. The molecule has 2 rings (SSSR count). The van der Waals surface area contributed by atoms with E-state index in [-0.39, 0.29) is 17.3 Å². The zero-order valence-corrected chi connectivity index (χ0v) is 8.63. The molecule has 0 fully saturated rings. The maximum absolute atomic E-state index is 12.7. The Bertz CT molecular complexity index is 543. The predicted molar refractivity (Wildman–Crippen MR) is 60.6 cm³/mol. The Balaban J connectivity index is 2.30. The first kappa shape index (κ1) is 11.0. The number of hydrogen-bond acceptors (Lipinski definition) is 4. The van der Waals surface area contributed by atoms with E-state index in [9.17, 15) is 14.5 Å². The van der Waals surface area contributed by atoms with Gasteiger partial charge in [-0.15, -0.1) is 0 Å². The van der Waals surface area contributed by atoms with E-state index >= 15 is 0 Å². The minimum absolute atomic E-state index is 0.128. The summed E-state index contributed by atoms with van der Waals surface area (Å²) in [4.78, 5) is 14.1. The van der Waals surface area contributed by atoms with E-state index in [2.05, 4.69) is 10.3 Å². The van der Waals surface area contributed by atoms with Crippen LogP contribution in [-0.2, 0) is 0 Å². The number of aromatic nitrogens is 1. The van der Waals surface area contributed by atoms with Crippen LogP contribution in [0, 0.1) is 15.9 Å². The van der Waals surface area contributed by atoms with E-state index in [1.807, 2.05) is 0 Å². The molecule has 1 aromatic heterocycles. The van der Waals surface area contributed by atoms with E-state index < -0.39 is 4.92 Å². The minimum Gasteiger partial charge on any atom is -0.334 e. The molecule has 6 heteroatoms. The van der Waals surface area contributed by atoms with Crippen molar-refractivity contribution in [3.05, 3.63) is 58.5 Å². The highest BCUT2D eigenvalue weighted by molar-refractivity contribution is 5.64. The van der Waals surface area contributed by atoms with Crippen molar-refractivity contribution in [2.24, 2.45) is 0 Å². The fraction of sp³-hybridized carbons (Fsp3) is 0. The average Bonchev–Trinajstić information content (AvgIpc) is 2.32. The smallest absolute Gasteiger partial charge is 0.311 e. The lowest BCUT2D eigenvalue weighted by atomic mass is 10.3. The second-order valence-corrected chi connectivity index (χ2v) is 3.26. The number of nitrogens with zero attached hydrogens (tertiary/aromatic N) is 2. The zero-order chi connectivity index (χ0) is 12.3. The summed E-state index contributed by atoms with van der Waals surface area (Å²) < 4.78 is 12.7. The van der Waals surface area contributed by atoms with Crippen LogP contribution < -0.4 is 5.32 Å². The Morgan fingerprint density at radius 1 is 1.24 bits per heavy atom. The van der Waals surface area contributed by atoms with Crippen LogP contribution in [-0.4, -0.2) is 9.91 Å².